The Balaban J connectivity index is 1.64. The molecule has 2 bridgehead atoms. The van der Waals surface area contributed by atoms with Crippen molar-refractivity contribution in [2.45, 2.75) is 39.0 Å². The highest BCUT2D eigenvalue weighted by molar-refractivity contribution is 7.80. The van der Waals surface area contributed by atoms with Crippen LogP contribution in [0.3, 0.4) is 0 Å². The Morgan fingerprint density at radius 2 is 2.00 bits per heavy atom. The fraction of sp³-hybridized carbons (Fsp3) is 0.625. The predicted molar refractivity (Wildman–Crippen MR) is 91.6 cm³/mol. The summed E-state index contributed by atoms with van der Waals surface area (Å²) in [6.45, 7) is 4.21. The summed E-state index contributed by atoms with van der Waals surface area (Å²) in [7, 11) is 0. The van der Waals surface area contributed by atoms with E-state index in [4.69, 9.17) is 12.2 Å². The van der Waals surface area contributed by atoms with Crippen molar-refractivity contribution < 1.29 is 0 Å². The quantitative estimate of drug-likeness (QED) is 0.527. The summed E-state index contributed by atoms with van der Waals surface area (Å²) < 4.78 is 0. The third kappa shape index (κ3) is 3.61. The zero-order valence-corrected chi connectivity index (χ0v) is 13.9. The molecule has 3 heterocycles. The van der Waals surface area contributed by atoms with Gasteiger partial charge in [0.25, 0.3) is 0 Å². The van der Waals surface area contributed by atoms with Gasteiger partial charge in [-0.2, -0.15) is 10.2 Å². The van der Waals surface area contributed by atoms with Gasteiger partial charge in [0.15, 0.2) is 5.11 Å². The summed E-state index contributed by atoms with van der Waals surface area (Å²) in [5.41, 5.74) is 4.76. The number of nitrogens with one attached hydrogen (secondary N) is 1. The molecule has 1 saturated carbocycles. The smallest absolute Gasteiger partial charge is 0.189 e. The first-order valence-electron chi connectivity index (χ1n) is 8.15. The van der Waals surface area contributed by atoms with Crippen LogP contribution in [0.25, 0.3) is 0 Å². The summed E-state index contributed by atoms with van der Waals surface area (Å²) in [4.78, 5) is 2.30. The maximum atomic E-state index is 5.56. The van der Waals surface area contributed by atoms with Crippen LogP contribution in [0.2, 0.25) is 0 Å². The van der Waals surface area contributed by atoms with E-state index in [9.17, 15) is 0 Å². The predicted octanol–water partition coefficient (Wildman–Crippen LogP) is 2.59. The van der Waals surface area contributed by atoms with E-state index in [-0.39, 0.29) is 0 Å². The highest BCUT2D eigenvalue weighted by Crippen LogP contribution is 2.33. The SMILES string of the molecule is CC/C(=N\NC(=S)N1CC2CCC(CC2)C1)c1cccnn1. The molecule has 1 aromatic heterocycles. The van der Waals surface area contributed by atoms with Crippen molar-refractivity contribution in [3.8, 4) is 0 Å². The van der Waals surface area contributed by atoms with Crippen molar-refractivity contribution in [1.82, 2.24) is 20.5 Å². The average molecular weight is 317 g/mol. The molecule has 0 radical (unpaired) electrons. The Bertz CT molecular complexity index is 523. The van der Waals surface area contributed by atoms with Crippen LogP contribution >= 0.6 is 12.2 Å². The van der Waals surface area contributed by atoms with E-state index >= 15 is 0 Å². The Labute approximate surface area is 137 Å². The van der Waals surface area contributed by atoms with Crippen molar-refractivity contribution in [3.63, 3.8) is 0 Å². The summed E-state index contributed by atoms with van der Waals surface area (Å²) in [5, 5.41) is 13.2. The van der Waals surface area contributed by atoms with Crippen molar-refractivity contribution in [2.24, 2.45) is 16.9 Å². The fourth-order valence-corrected chi connectivity index (χ4v) is 3.61. The van der Waals surface area contributed by atoms with Crippen LogP contribution in [0.1, 0.15) is 44.7 Å². The second-order valence-corrected chi connectivity index (χ2v) is 6.62. The Kier molecular flexibility index (Phi) is 4.97. The molecule has 1 N–H and O–H groups in total. The van der Waals surface area contributed by atoms with E-state index in [2.05, 4.69) is 32.5 Å². The van der Waals surface area contributed by atoms with E-state index in [0.717, 1.165) is 47.9 Å². The van der Waals surface area contributed by atoms with Crippen LogP contribution in [0.5, 0.6) is 0 Å². The molecule has 0 amide bonds. The zero-order chi connectivity index (χ0) is 15.4. The maximum absolute atomic E-state index is 5.56. The van der Waals surface area contributed by atoms with E-state index in [1.165, 1.54) is 25.7 Å². The first-order valence-corrected chi connectivity index (χ1v) is 8.56. The van der Waals surface area contributed by atoms with Crippen molar-refractivity contribution >= 4 is 23.0 Å². The molecule has 118 valence electrons. The van der Waals surface area contributed by atoms with Crippen LogP contribution in [0, 0.1) is 11.8 Å². The summed E-state index contributed by atoms with van der Waals surface area (Å²) in [5.74, 6) is 1.60. The Morgan fingerprint density at radius 1 is 1.32 bits per heavy atom. The van der Waals surface area contributed by atoms with Crippen molar-refractivity contribution in [3.05, 3.63) is 24.0 Å². The Morgan fingerprint density at radius 3 is 2.55 bits per heavy atom. The van der Waals surface area contributed by atoms with Gasteiger partial charge >= 0.3 is 0 Å². The second-order valence-electron chi connectivity index (χ2n) is 6.23. The van der Waals surface area contributed by atoms with Gasteiger partial charge in [0.05, 0.1) is 5.71 Å². The van der Waals surface area contributed by atoms with Crippen molar-refractivity contribution in [2.75, 3.05) is 13.1 Å². The van der Waals surface area contributed by atoms with Gasteiger partial charge in [-0.05, 0) is 68.3 Å². The molecule has 2 aliphatic heterocycles. The third-order valence-corrected chi connectivity index (χ3v) is 5.05. The van der Waals surface area contributed by atoms with Gasteiger partial charge in [0, 0.05) is 19.3 Å². The molecule has 0 spiro atoms. The molecular formula is C16H23N5S. The molecule has 1 aliphatic carbocycles. The van der Waals surface area contributed by atoms with Crippen LogP contribution in [-0.2, 0) is 0 Å². The molecular weight excluding hydrogens is 294 g/mol. The minimum Gasteiger partial charge on any atom is -0.347 e. The molecule has 5 nitrogen and oxygen atoms in total. The molecule has 3 fully saturated rings. The van der Waals surface area contributed by atoms with Crippen LogP contribution in [0.15, 0.2) is 23.4 Å². The number of rotatable bonds is 3. The molecule has 0 aromatic carbocycles. The summed E-state index contributed by atoms with van der Waals surface area (Å²) in [6.07, 6.45) is 7.88. The summed E-state index contributed by atoms with van der Waals surface area (Å²) >= 11 is 5.56. The largest absolute Gasteiger partial charge is 0.347 e. The van der Waals surface area contributed by atoms with Gasteiger partial charge < -0.3 is 4.90 Å². The molecule has 0 unspecified atom stereocenters. The molecule has 4 rings (SSSR count). The minimum absolute atomic E-state index is 0.744. The number of aromatic nitrogens is 2. The van der Waals surface area contributed by atoms with E-state index < -0.39 is 0 Å². The lowest BCUT2D eigenvalue weighted by molar-refractivity contribution is 0.326. The molecule has 3 aliphatic rings. The highest BCUT2D eigenvalue weighted by Gasteiger charge is 2.30. The lowest BCUT2D eigenvalue weighted by Gasteiger charge is -2.24. The molecule has 22 heavy (non-hydrogen) atoms. The van der Waals surface area contributed by atoms with E-state index in [0.29, 0.717) is 0 Å². The third-order valence-electron chi connectivity index (χ3n) is 4.70. The van der Waals surface area contributed by atoms with Gasteiger partial charge in [-0.3, -0.25) is 5.43 Å². The van der Waals surface area contributed by atoms with Gasteiger partial charge in [-0.25, -0.2) is 0 Å². The number of hydrogen-bond donors (Lipinski definition) is 1. The van der Waals surface area contributed by atoms with Crippen LogP contribution in [-0.4, -0.2) is 39.0 Å². The van der Waals surface area contributed by atoms with E-state index in [1.807, 2.05) is 12.1 Å². The topological polar surface area (TPSA) is 53.4 Å². The highest BCUT2D eigenvalue weighted by atomic mass is 32.1. The lowest BCUT2D eigenvalue weighted by Crippen LogP contribution is -2.40. The number of nitrogens with zero attached hydrogens (tertiary/aromatic N) is 4. The van der Waals surface area contributed by atoms with Crippen molar-refractivity contribution in [1.29, 1.82) is 0 Å². The summed E-state index contributed by atoms with van der Waals surface area (Å²) in [6, 6.07) is 3.80. The maximum Gasteiger partial charge on any atom is 0.189 e. The molecule has 1 aromatic rings. The minimum atomic E-state index is 0.744. The Hall–Kier alpha value is -1.56. The first-order chi connectivity index (χ1) is 10.8. The average Bonchev–Trinajstić information content (AvgIpc) is 2.90. The monoisotopic (exact) mass is 317 g/mol. The number of hydrogen-bond acceptors (Lipinski definition) is 4. The second kappa shape index (κ2) is 7.13. The number of fused-ring (bicyclic) bond motifs is 4. The standard InChI is InChI=1S/C16H23N5S/c1-2-14(15-4-3-9-17-18-15)19-20-16(22)21-10-12-5-6-13(11-21)8-7-12/h3-4,9,12-13H,2,5-8,10-11H2,1H3,(H,20,22)/b19-14+. The van der Waals surface area contributed by atoms with E-state index in [1.54, 1.807) is 6.20 Å². The molecule has 0 atom stereocenters. The van der Waals surface area contributed by atoms with Crippen LogP contribution < -0.4 is 5.43 Å². The number of hydrazone groups is 1. The molecule has 6 heteroatoms. The van der Waals surface area contributed by atoms with Crippen LogP contribution in [0.4, 0.5) is 0 Å². The fourth-order valence-electron chi connectivity index (χ4n) is 3.42. The number of thiocarbonyl (C=S) groups is 1. The lowest BCUT2D eigenvalue weighted by atomic mass is 9.84. The zero-order valence-electron chi connectivity index (χ0n) is 13.0. The van der Waals surface area contributed by atoms with Gasteiger partial charge in [-0.1, -0.05) is 6.92 Å². The first kappa shape index (κ1) is 15.3. The van der Waals surface area contributed by atoms with Gasteiger partial charge in [-0.15, -0.1) is 5.10 Å². The van der Waals surface area contributed by atoms with Gasteiger partial charge in [0.2, 0.25) is 0 Å². The molecule has 2 saturated heterocycles. The normalized spacial score (nSPS) is 25.0. The van der Waals surface area contributed by atoms with Gasteiger partial charge in [0.1, 0.15) is 5.69 Å².